The fourth-order valence-corrected chi connectivity index (χ4v) is 3.05. The SMILES string of the molecule is COc1ccccc1C1Nc2ccccc2-c2nnc(SC)nc2O1. The van der Waals surface area contributed by atoms with Crippen LogP contribution in [0.25, 0.3) is 11.3 Å². The summed E-state index contributed by atoms with van der Waals surface area (Å²) >= 11 is 1.42. The largest absolute Gasteiger partial charge is 0.496 e. The molecule has 7 heteroatoms. The Bertz CT molecular complexity index is 919. The van der Waals surface area contributed by atoms with Crippen LogP contribution in [0.5, 0.6) is 11.6 Å². The van der Waals surface area contributed by atoms with Crippen molar-refractivity contribution in [1.29, 1.82) is 0 Å². The first kappa shape index (κ1) is 15.7. The number of ether oxygens (including phenoxy) is 2. The van der Waals surface area contributed by atoms with E-state index in [2.05, 4.69) is 20.5 Å². The maximum atomic E-state index is 6.19. The van der Waals surface area contributed by atoms with E-state index in [0.717, 1.165) is 22.6 Å². The van der Waals surface area contributed by atoms with Crippen LogP contribution in [-0.2, 0) is 0 Å². The maximum Gasteiger partial charge on any atom is 0.247 e. The maximum absolute atomic E-state index is 6.19. The Balaban J connectivity index is 1.88. The quantitative estimate of drug-likeness (QED) is 0.720. The smallest absolute Gasteiger partial charge is 0.247 e. The Morgan fingerprint density at radius 1 is 1.08 bits per heavy atom. The van der Waals surface area contributed by atoms with Gasteiger partial charge in [0.15, 0.2) is 5.69 Å². The molecule has 2 heterocycles. The summed E-state index contributed by atoms with van der Waals surface area (Å²) in [4.78, 5) is 4.51. The molecule has 0 amide bonds. The minimum absolute atomic E-state index is 0.452. The van der Waals surface area contributed by atoms with Gasteiger partial charge in [-0.3, -0.25) is 0 Å². The average Bonchev–Trinajstić information content (AvgIpc) is 2.84. The van der Waals surface area contributed by atoms with Crippen molar-refractivity contribution in [3.63, 3.8) is 0 Å². The Labute approximate surface area is 149 Å². The highest BCUT2D eigenvalue weighted by atomic mass is 32.2. The molecule has 0 fully saturated rings. The second kappa shape index (κ2) is 6.60. The molecule has 1 atom stereocenters. The van der Waals surface area contributed by atoms with E-state index >= 15 is 0 Å². The predicted octanol–water partition coefficient (Wildman–Crippen LogP) is 3.77. The number of anilines is 1. The topological polar surface area (TPSA) is 69.2 Å². The van der Waals surface area contributed by atoms with Crippen molar-refractivity contribution in [2.24, 2.45) is 0 Å². The number of methoxy groups -OCH3 is 1. The summed E-state index contributed by atoms with van der Waals surface area (Å²) in [5.41, 5.74) is 3.32. The van der Waals surface area contributed by atoms with Crippen molar-refractivity contribution >= 4 is 17.4 Å². The Hall–Kier alpha value is -2.80. The number of nitrogens with one attached hydrogen (secondary N) is 1. The number of hydrogen-bond donors (Lipinski definition) is 1. The number of benzene rings is 2. The minimum atomic E-state index is -0.454. The molecule has 0 spiro atoms. The fourth-order valence-electron chi connectivity index (χ4n) is 2.76. The van der Waals surface area contributed by atoms with Crippen molar-refractivity contribution in [3.8, 4) is 22.9 Å². The zero-order valence-corrected chi connectivity index (χ0v) is 14.6. The Morgan fingerprint density at radius 2 is 1.88 bits per heavy atom. The van der Waals surface area contributed by atoms with Crippen LogP contribution < -0.4 is 14.8 Å². The minimum Gasteiger partial charge on any atom is -0.496 e. The number of nitrogens with zero attached hydrogens (tertiary/aromatic N) is 3. The van der Waals surface area contributed by atoms with Gasteiger partial charge in [-0.2, -0.15) is 4.98 Å². The molecule has 4 rings (SSSR count). The first-order valence-electron chi connectivity index (χ1n) is 7.74. The third-order valence-corrected chi connectivity index (χ3v) is 4.48. The molecule has 0 aliphatic carbocycles. The van der Waals surface area contributed by atoms with Crippen LogP contribution in [0.2, 0.25) is 0 Å². The van der Waals surface area contributed by atoms with E-state index in [1.165, 1.54) is 11.8 Å². The standard InChI is InChI=1S/C18H16N4O2S/c1-23-14-10-6-4-8-12(14)16-19-13-9-5-3-7-11(13)15-17(24-16)20-18(25-2)22-21-15/h3-10,16,19H,1-2H3. The first-order valence-corrected chi connectivity index (χ1v) is 8.97. The highest BCUT2D eigenvalue weighted by Crippen LogP contribution is 2.40. The van der Waals surface area contributed by atoms with Gasteiger partial charge >= 0.3 is 0 Å². The van der Waals surface area contributed by atoms with Gasteiger partial charge in [0.1, 0.15) is 5.75 Å². The number of fused-ring (bicyclic) bond motifs is 3. The molecular formula is C18H16N4O2S. The number of hydrogen-bond acceptors (Lipinski definition) is 7. The molecule has 1 aliphatic rings. The van der Waals surface area contributed by atoms with E-state index in [-0.39, 0.29) is 0 Å². The predicted molar refractivity (Wildman–Crippen MR) is 97.0 cm³/mol. The zero-order valence-electron chi connectivity index (χ0n) is 13.8. The summed E-state index contributed by atoms with van der Waals surface area (Å²) in [7, 11) is 1.65. The Kier molecular flexibility index (Phi) is 4.15. The molecule has 6 nitrogen and oxygen atoms in total. The number of rotatable bonds is 3. The summed E-state index contributed by atoms with van der Waals surface area (Å²) in [6.45, 7) is 0. The van der Waals surface area contributed by atoms with Gasteiger partial charge in [0, 0.05) is 11.3 Å². The van der Waals surface area contributed by atoms with Crippen LogP contribution in [-0.4, -0.2) is 28.5 Å². The monoisotopic (exact) mass is 352 g/mol. The van der Waals surface area contributed by atoms with E-state index in [9.17, 15) is 0 Å². The molecule has 1 N–H and O–H groups in total. The summed E-state index contributed by atoms with van der Waals surface area (Å²) < 4.78 is 11.7. The van der Waals surface area contributed by atoms with Crippen LogP contribution in [0.15, 0.2) is 53.7 Å². The number of aromatic nitrogens is 3. The molecule has 1 unspecified atom stereocenters. The lowest BCUT2D eigenvalue weighted by Gasteiger charge is -2.21. The van der Waals surface area contributed by atoms with E-state index < -0.39 is 6.23 Å². The third-order valence-electron chi connectivity index (χ3n) is 3.94. The molecule has 0 saturated carbocycles. The summed E-state index contributed by atoms with van der Waals surface area (Å²) in [6.07, 6.45) is 1.45. The van der Waals surface area contributed by atoms with E-state index in [0.29, 0.717) is 16.7 Å². The first-order chi connectivity index (χ1) is 12.3. The molecule has 0 radical (unpaired) electrons. The molecule has 25 heavy (non-hydrogen) atoms. The molecule has 126 valence electrons. The van der Waals surface area contributed by atoms with Crippen LogP contribution in [0, 0.1) is 0 Å². The summed E-state index contributed by atoms with van der Waals surface area (Å²) in [5.74, 6) is 1.20. The van der Waals surface area contributed by atoms with Gasteiger partial charge in [-0.05, 0) is 24.5 Å². The average molecular weight is 352 g/mol. The van der Waals surface area contributed by atoms with Gasteiger partial charge in [0.2, 0.25) is 17.3 Å². The van der Waals surface area contributed by atoms with Crippen LogP contribution in [0.3, 0.4) is 0 Å². The second-order valence-corrected chi connectivity index (χ2v) is 6.16. The van der Waals surface area contributed by atoms with Crippen molar-refractivity contribution in [2.75, 3.05) is 18.7 Å². The third kappa shape index (κ3) is 2.87. The van der Waals surface area contributed by atoms with Crippen molar-refractivity contribution in [2.45, 2.75) is 11.4 Å². The van der Waals surface area contributed by atoms with E-state index in [1.54, 1.807) is 7.11 Å². The normalized spacial score (nSPS) is 15.2. The van der Waals surface area contributed by atoms with Gasteiger partial charge < -0.3 is 14.8 Å². The van der Waals surface area contributed by atoms with Crippen LogP contribution >= 0.6 is 11.8 Å². The lowest BCUT2D eigenvalue weighted by Crippen LogP contribution is -2.18. The lowest BCUT2D eigenvalue weighted by atomic mass is 10.1. The molecule has 1 aliphatic heterocycles. The summed E-state index contributed by atoms with van der Waals surface area (Å²) in [5, 5.41) is 12.5. The van der Waals surface area contributed by atoms with Gasteiger partial charge in [0.25, 0.3) is 0 Å². The molecule has 0 bridgehead atoms. The second-order valence-electron chi connectivity index (χ2n) is 5.38. The van der Waals surface area contributed by atoms with Crippen molar-refractivity contribution < 1.29 is 9.47 Å². The molecular weight excluding hydrogens is 336 g/mol. The number of para-hydroxylation sites is 2. The molecule has 0 saturated heterocycles. The Morgan fingerprint density at radius 3 is 2.72 bits per heavy atom. The van der Waals surface area contributed by atoms with E-state index in [4.69, 9.17) is 9.47 Å². The summed E-state index contributed by atoms with van der Waals surface area (Å²) in [6, 6.07) is 15.6. The molecule has 1 aromatic heterocycles. The number of thioether (sulfide) groups is 1. The van der Waals surface area contributed by atoms with Gasteiger partial charge in [-0.25, -0.2) is 0 Å². The van der Waals surface area contributed by atoms with Crippen molar-refractivity contribution in [3.05, 3.63) is 54.1 Å². The van der Waals surface area contributed by atoms with Crippen LogP contribution in [0.1, 0.15) is 11.8 Å². The highest BCUT2D eigenvalue weighted by molar-refractivity contribution is 7.98. The van der Waals surface area contributed by atoms with Crippen LogP contribution in [0.4, 0.5) is 5.69 Å². The molecule has 3 aromatic rings. The van der Waals surface area contributed by atoms with Gasteiger partial charge in [0.05, 0.1) is 12.7 Å². The lowest BCUT2D eigenvalue weighted by molar-refractivity contribution is 0.220. The zero-order chi connectivity index (χ0) is 17.2. The van der Waals surface area contributed by atoms with E-state index in [1.807, 2.05) is 54.8 Å². The fraction of sp³-hybridized carbons (Fsp3) is 0.167. The highest BCUT2D eigenvalue weighted by Gasteiger charge is 2.27. The van der Waals surface area contributed by atoms with Gasteiger partial charge in [-0.15, -0.1) is 10.2 Å². The molecule has 2 aromatic carbocycles. The van der Waals surface area contributed by atoms with Gasteiger partial charge in [-0.1, -0.05) is 42.1 Å². The van der Waals surface area contributed by atoms with Crippen molar-refractivity contribution in [1.82, 2.24) is 15.2 Å².